The van der Waals surface area contributed by atoms with Crippen molar-refractivity contribution in [2.75, 3.05) is 26.3 Å². The predicted octanol–water partition coefficient (Wildman–Crippen LogP) is 1.17. The van der Waals surface area contributed by atoms with E-state index in [9.17, 15) is 5.11 Å². The standard InChI is InChI=1S/C16H27N3O2/c1-13(2)11-21-12-15(20)10-19-16(17)18-9-8-14-6-4-3-5-7-14/h3-7,13,15,20H,8-12H2,1-2H3,(H3,17,18,19). The van der Waals surface area contributed by atoms with Gasteiger partial charge >= 0.3 is 0 Å². The van der Waals surface area contributed by atoms with Crippen LogP contribution in [0.2, 0.25) is 0 Å². The molecule has 4 N–H and O–H groups in total. The van der Waals surface area contributed by atoms with Crippen molar-refractivity contribution in [1.82, 2.24) is 5.32 Å². The maximum atomic E-state index is 9.70. The minimum atomic E-state index is -0.613. The lowest BCUT2D eigenvalue weighted by atomic mass is 10.1. The Labute approximate surface area is 127 Å². The number of hydrogen-bond donors (Lipinski definition) is 3. The Morgan fingerprint density at radius 1 is 1.29 bits per heavy atom. The van der Waals surface area contributed by atoms with E-state index < -0.39 is 6.10 Å². The Bertz CT molecular complexity index is 407. The van der Waals surface area contributed by atoms with E-state index in [1.165, 1.54) is 5.56 Å². The van der Waals surface area contributed by atoms with Gasteiger partial charge in [-0.2, -0.15) is 0 Å². The van der Waals surface area contributed by atoms with Gasteiger partial charge in [-0.15, -0.1) is 0 Å². The third kappa shape index (κ3) is 9.05. The number of guanidine groups is 1. The van der Waals surface area contributed by atoms with E-state index in [0.717, 1.165) is 13.0 Å². The zero-order valence-electron chi connectivity index (χ0n) is 13.0. The quantitative estimate of drug-likeness (QED) is 0.471. The summed E-state index contributed by atoms with van der Waals surface area (Å²) in [7, 11) is 0. The van der Waals surface area contributed by atoms with Crippen LogP contribution in [0.3, 0.4) is 0 Å². The first-order valence-corrected chi connectivity index (χ1v) is 7.41. The molecule has 0 spiro atoms. The molecule has 0 radical (unpaired) electrons. The number of aliphatic imine (C=N–C) groups is 1. The van der Waals surface area contributed by atoms with Crippen molar-refractivity contribution in [3.63, 3.8) is 0 Å². The van der Waals surface area contributed by atoms with Gasteiger partial charge < -0.3 is 20.9 Å². The Balaban J connectivity index is 2.14. The molecule has 118 valence electrons. The molecule has 0 bridgehead atoms. The van der Waals surface area contributed by atoms with Gasteiger partial charge in [-0.05, 0) is 17.9 Å². The van der Waals surface area contributed by atoms with Gasteiger partial charge in [-0.3, -0.25) is 4.99 Å². The van der Waals surface area contributed by atoms with Crippen LogP contribution in [0.1, 0.15) is 19.4 Å². The van der Waals surface area contributed by atoms with Crippen molar-refractivity contribution < 1.29 is 9.84 Å². The molecule has 5 nitrogen and oxygen atoms in total. The second kappa shape index (κ2) is 10.2. The van der Waals surface area contributed by atoms with Gasteiger partial charge in [0, 0.05) is 13.2 Å². The normalized spacial score (nSPS) is 13.4. The van der Waals surface area contributed by atoms with Crippen LogP contribution in [0.25, 0.3) is 0 Å². The van der Waals surface area contributed by atoms with E-state index in [4.69, 9.17) is 10.5 Å². The maximum absolute atomic E-state index is 9.70. The van der Waals surface area contributed by atoms with Crippen LogP contribution in [0, 0.1) is 5.92 Å². The van der Waals surface area contributed by atoms with Crippen molar-refractivity contribution >= 4 is 5.96 Å². The molecular formula is C16H27N3O2. The number of aliphatic hydroxyl groups is 1. The molecule has 0 aromatic heterocycles. The zero-order valence-corrected chi connectivity index (χ0v) is 13.0. The number of ether oxygens (including phenoxy) is 1. The number of aliphatic hydroxyl groups excluding tert-OH is 1. The van der Waals surface area contributed by atoms with Crippen molar-refractivity contribution in [1.29, 1.82) is 0 Å². The lowest BCUT2D eigenvalue weighted by molar-refractivity contribution is 0.0301. The molecule has 0 saturated heterocycles. The largest absolute Gasteiger partial charge is 0.389 e. The van der Waals surface area contributed by atoms with Gasteiger partial charge in [-0.1, -0.05) is 44.2 Å². The van der Waals surface area contributed by atoms with Gasteiger partial charge in [0.2, 0.25) is 0 Å². The second-order valence-corrected chi connectivity index (χ2v) is 5.47. The molecule has 0 aliphatic carbocycles. The molecule has 1 unspecified atom stereocenters. The van der Waals surface area contributed by atoms with Gasteiger partial charge in [0.1, 0.15) is 0 Å². The highest BCUT2D eigenvalue weighted by Crippen LogP contribution is 1.98. The van der Waals surface area contributed by atoms with Crippen LogP contribution in [0.4, 0.5) is 0 Å². The molecule has 0 fully saturated rings. The summed E-state index contributed by atoms with van der Waals surface area (Å²) in [6.07, 6.45) is 0.273. The zero-order chi connectivity index (χ0) is 15.5. The fraction of sp³-hybridized carbons (Fsp3) is 0.562. The summed E-state index contributed by atoms with van der Waals surface area (Å²) in [4.78, 5) is 4.11. The molecule has 0 saturated carbocycles. The number of nitrogens with zero attached hydrogens (tertiary/aromatic N) is 1. The van der Waals surface area contributed by atoms with Crippen LogP contribution in [0.15, 0.2) is 35.3 Å². The number of benzene rings is 1. The maximum Gasteiger partial charge on any atom is 0.188 e. The number of nitrogens with one attached hydrogen (secondary N) is 1. The Morgan fingerprint density at radius 2 is 2.00 bits per heavy atom. The highest BCUT2D eigenvalue weighted by atomic mass is 16.5. The average Bonchev–Trinajstić information content (AvgIpc) is 2.46. The first-order valence-electron chi connectivity index (χ1n) is 7.41. The molecule has 0 heterocycles. The van der Waals surface area contributed by atoms with Crippen LogP contribution in [0.5, 0.6) is 0 Å². The predicted molar refractivity (Wildman–Crippen MR) is 86.3 cm³/mol. The van der Waals surface area contributed by atoms with E-state index in [2.05, 4.69) is 36.3 Å². The van der Waals surface area contributed by atoms with Crippen molar-refractivity contribution in [2.45, 2.75) is 26.4 Å². The number of hydrogen-bond acceptors (Lipinski definition) is 3. The van der Waals surface area contributed by atoms with E-state index >= 15 is 0 Å². The molecule has 21 heavy (non-hydrogen) atoms. The monoisotopic (exact) mass is 293 g/mol. The first-order chi connectivity index (χ1) is 10.1. The van der Waals surface area contributed by atoms with Crippen LogP contribution in [-0.2, 0) is 11.2 Å². The summed E-state index contributed by atoms with van der Waals surface area (Å²) >= 11 is 0. The topological polar surface area (TPSA) is 79.9 Å². The summed E-state index contributed by atoms with van der Waals surface area (Å²) in [6, 6.07) is 10.2. The van der Waals surface area contributed by atoms with Crippen molar-refractivity contribution in [3.8, 4) is 0 Å². The molecule has 0 aliphatic rings. The van der Waals surface area contributed by atoms with E-state index in [1.54, 1.807) is 0 Å². The van der Waals surface area contributed by atoms with Gasteiger partial charge in [0.15, 0.2) is 5.96 Å². The number of rotatable bonds is 9. The average molecular weight is 293 g/mol. The summed E-state index contributed by atoms with van der Waals surface area (Å²) < 4.78 is 5.35. The summed E-state index contributed by atoms with van der Waals surface area (Å²) in [5.41, 5.74) is 7.00. The van der Waals surface area contributed by atoms with E-state index in [0.29, 0.717) is 25.1 Å². The molecule has 0 aliphatic heterocycles. The molecule has 0 amide bonds. The summed E-state index contributed by atoms with van der Waals surface area (Å²) in [5.74, 6) is 0.819. The molecular weight excluding hydrogens is 266 g/mol. The Morgan fingerprint density at radius 3 is 2.67 bits per heavy atom. The Kier molecular flexibility index (Phi) is 8.47. The smallest absolute Gasteiger partial charge is 0.188 e. The number of nitrogens with two attached hydrogens (primary N) is 1. The molecule has 1 atom stereocenters. The van der Waals surface area contributed by atoms with Crippen LogP contribution in [-0.4, -0.2) is 43.5 Å². The highest BCUT2D eigenvalue weighted by Gasteiger charge is 2.04. The lowest BCUT2D eigenvalue weighted by Crippen LogP contribution is -2.34. The van der Waals surface area contributed by atoms with E-state index in [-0.39, 0.29) is 6.54 Å². The molecule has 1 aromatic carbocycles. The SMILES string of the molecule is CC(C)COCC(O)CN=C(N)NCCc1ccccc1. The third-order valence-electron chi connectivity index (χ3n) is 2.80. The lowest BCUT2D eigenvalue weighted by Gasteiger charge is -2.11. The van der Waals surface area contributed by atoms with Crippen LogP contribution < -0.4 is 11.1 Å². The molecule has 1 aromatic rings. The highest BCUT2D eigenvalue weighted by molar-refractivity contribution is 5.77. The third-order valence-corrected chi connectivity index (χ3v) is 2.80. The van der Waals surface area contributed by atoms with Crippen molar-refractivity contribution in [3.05, 3.63) is 35.9 Å². The fourth-order valence-corrected chi connectivity index (χ4v) is 1.73. The van der Waals surface area contributed by atoms with Gasteiger partial charge in [0.05, 0.1) is 19.3 Å². The fourth-order valence-electron chi connectivity index (χ4n) is 1.73. The van der Waals surface area contributed by atoms with Crippen molar-refractivity contribution in [2.24, 2.45) is 16.6 Å². The summed E-state index contributed by atoms with van der Waals surface area (Å²) in [6.45, 7) is 6.05. The van der Waals surface area contributed by atoms with Gasteiger partial charge in [-0.25, -0.2) is 0 Å². The second-order valence-electron chi connectivity index (χ2n) is 5.47. The minimum Gasteiger partial charge on any atom is -0.389 e. The van der Waals surface area contributed by atoms with Gasteiger partial charge in [0.25, 0.3) is 0 Å². The van der Waals surface area contributed by atoms with Crippen LogP contribution >= 0.6 is 0 Å². The van der Waals surface area contributed by atoms with E-state index in [1.807, 2.05) is 18.2 Å². The Hall–Kier alpha value is -1.59. The minimum absolute atomic E-state index is 0.252. The first kappa shape index (κ1) is 17.5. The summed E-state index contributed by atoms with van der Waals surface area (Å²) in [5, 5.41) is 12.7. The molecule has 1 rings (SSSR count). The molecule has 5 heteroatoms.